The summed E-state index contributed by atoms with van der Waals surface area (Å²) in [4.78, 5) is 0. The molecule has 0 fully saturated rings. The maximum absolute atomic E-state index is 5.82. The smallest absolute Gasteiger partial charge is 0.162 e. The van der Waals surface area contributed by atoms with E-state index in [-0.39, 0.29) is 0 Å². The lowest BCUT2D eigenvalue weighted by Gasteiger charge is -2.19. The van der Waals surface area contributed by atoms with Gasteiger partial charge >= 0.3 is 0 Å². The molecule has 1 aliphatic rings. The summed E-state index contributed by atoms with van der Waals surface area (Å²) in [6.45, 7) is 2.02. The molecule has 0 bridgehead atoms. The van der Waals surface area contributed by atoms with Crippen LogP contribution in [0.2, 0.25) is 0 Å². The molecule has 7 heteroatoms. The third kappa shape index (κ3) is 3.46. The maximum Gasteiger partial charge on any atom is 0.162 e. The Bertz CT molecular complexity index is 961. The number of aromatic nitrogens is 2. The van der Waals surface area contributed by atoms with E-state index >= 15 is 0 Å². The van der Waals surface area contributed by atoms with Gasteiger partial charge in [0.15, 0.2) is 23.0 Å². The Morgan fingerprint density at radius 1 is 0.963 bits per heavy atom. The van der Waals surface area contributed by atoms with Crippen LogP contribution in [0.15, 0.2) is 36.5 Å². The summed E-state index contributed by atoms with van der Waals surface area (Å²) in [5.41, 5.74) is 2.61. The van der Waals surface area contributed by atoms with Crippen LogP contribution in [0.25, 0.3) is 22.0 Å². The van der Waals surface area contributed by atoms with E-state index in [0.29, 0.717) is 37.9 Å². The number of methoxy groups -OCH3 is 2. The molecule has 4 rings (SSSR count). The van der Waals surface area contributed by atoms with E-state index in [0.717, 1.165) is 33.5 Å². The molecule has 1 aromatic heterocycles. The number of hydrogen-bond donors (Lipinski definition) is 0. The summed E-state index contributed by atoms with van der Waals surface area (Å²) in [5.74, 6) is 2.72. The number of hydrogen-bond acceptors (Lipinski definition) is 7. The van der Waals surface area contributed by atoms with E-state index in [1.165, 1.54) is 0 Å². The fourth-order valence-corrected chi connectivity index (χ4v) is 3.01. The van der Waals surface area contributed by atoms with Gasteiger partial charge in [0.05, 0.1) is 25.4 Å². The lowest BCUT2D eigenvalue weighted by atomic mass is 10.0. The Kier molecular flexibility index (Phi) is 4.93. The second-order valence-electron chi connectivity index (χ2n) is 5.98. The van der Waals surface area contributed by atoms with Crippen molar-refractivity contribution in [3.63, 3.8) is 0 Å². The first-order valence-electron chi connectivity index (χ1n) is 8.65. The number of ether oxygens (including phenoxy) is 5. The van der Waals surface area contributed by atoms with Gasteiger partial charge < -0.3 is 23.7 Å². The van der Waals surface area contributed by atoms with Crippen LogP contribution >= 0.6 is 0 Å². The lowest BCUT2D eigenvalue weighted by Crippen LogP contribution is -2.15. The standard InChI is InChI=1S/C20H20N2O5/c1-23-5-6-26-20-10-14-15(12-21-22-16(14)11-18(20)24-2)13-3-4-17-19(9-13)27-8-7-25-17/h3-4,9-12H,5-8H2,1-2H3. The quantitative estimate of drug-likeness (QED) is 0.619. The first-order valence-corrected chi connectivity index (χ1v) is 8.65. The van der Waals surface area contributed by atoms with Crippen LogP contribution in [0.1, 0.15) is 0 Å². The molecule has 2 aromatic carbocycles. The normalized spacial score (nSPS) is 12.8. The molecular formula is C20H20N2O5. The van der Waals surface area contributed by atoms with Gasteiger partial charge in [-0.1, -0.05) is 6.07 Å². The fourth-order valence-electron chi connectivity index (χ4n) is 3.01. The van der Waals surface area contributed by atoms with Gasteiger partial charge in [-0.15, -0.1) is 0 Å². The molecule has 0 N–H and O–H groups in total. The third-order valence-electron chi connectivity index (χ3n) is 4.32. The van der Waals surface area contributed by atoms with Crippen LogP contribution in [-0.4, -0.2) is 50.8 Å². The van der Waals surface area contributed by atoms with Gasteiger partial charge in [0.25, 0.3) is 0 Å². The number of rotatable bonds is 6. The highest BCUT2D eigenvalue weighted by Crippen LogP contribution is 2.39. The molecular weight excluding hydrogens is 348 g/mol. The average Bonchev–Trinajstić information content (AvgIpc) is 2.72. The summed E-state index contributed by atoms with van der Waals surface area (Å²) >= 11 is 0. The Hall–Kier alpha value is -3.06. The molecule has 3 aromatic rings. The minimum absolute atomic E-state index is 0.427. The van der Waals surface area contributed by atoms with Crippen molar-refractivity contribution in [2.75, 3.05) is 40.6 Å². The van der Waals surface area contributed by atoms with Gasteiger partial charge in [-0.05, 0) is 23.8 Å². The van der Waals surface area contributed by atoms with E-state index in [1.54, 1.807) is 20.4 Å². The van der Waals surface area contributed by atoms with Gasteiger partial charge in [0, 0.05) is 24.1 Å². The second kappa shape index (κ2) is 7.67. The Balaban J connectivity index is 1.79. The van der Waals surface area contributed by atoms with E-state index in [1.807, 2.05) is 30.3 Å². The van der Waals surface area contributed by atoms with Gasteiger partial charge in [-0.25, -0.2) is 0 Å². The Morgan fingerprint density at radius 2 is 1.81 bits per heavy atom. The highest BCUT2D eigenvalue weighted by atomic mass is 16.6. The molecule has 0 atom stereocenters. The summed E-state index contributed by atoms with van der Waals surface area (Å²) < 4.78 is 27.6. The first-order chi connectivity index (χ1) is 13.3. The molecule has 0 amide bonds. The van der Waals surface area contributed by atoms with Gasteiger partial charge in [0.1, 0.15) is 19.8 Å². The van der Waals surface area contributed by atoms with E-state index < -0.39 is 0 Å². The second-order valence-corrected chi connectivity index (χ2v) is 5.98. The van der Waals surface area contributed by atoms with Crippen LogP contribution in [0.3, 0.4) is 0 Å². The van der Waals surface area contributed by atoms with Crippen molar-refractivity contribution >= 4 is 10.9 Å². The third-order valence-corrected chi connectivity index (χ3v) is 4.32. The highest BCUT2D eigenvalue weighted by Gasteiger charge is 2.16. The highest BCUT2D eigenvalue weighted by molar-refractivity contribution is 5.96. The largest absolute Gasteiger partial charge is 0.493 e. The molecule has 2 heterocycles. The first kappa shape index (κ1) is 17.4. The predicted molar refractivity (Wildman–Crippen MR) is 99.9 cm³/mol. The molecule has 0 spiro atoms. The van der Waals surface area contributed by atoms with Crippen molar-refractivity contribution in [1.82, 2.24) is 10.2 Å². The lowest BCUT2D eigenvalue weighted by molar-refractivity contribution is 0.144. The Labute approximate surface area is 156 Å². The number of benzene rings is 2. The molecule has 0 radical (unpaired) electrons. The minimum Gasteiger partial charge on any atom is -0.493 e. The van der Waals surface area contributed by atoms with Crippen molar-refractivity contribution in [1.29, 1.82) is 0 Å². The zero-order valence-electron chi connectivity index (χ0n) is 15.2. The van der Waals surface area contributed by atoms with Crippen molar-refractivity contribution in [3.05, 3.63) is 36.5 Å². The zero-order chi connectivity index (χ0) is 18.6. The van der Waals surface area contributed by atoms with E-state index in [9.17, 15) is 0 Å². The van der Waals surface area contributed by atoms with Crippen LogP contribution in [0, 0.1) is 0 Å². The van der Waals surface area contributed by atoms with Crippen molar-refractivity contribution in [2.45, 2.75) is 0 Å². The van der Waals surface area contributed by atoms with Crippen molar-refractivity contribution < 1.29 is 23.7 Å². The molecule has 0 saturated heterocycles. The van der Waals surface area contributed by atoms with Crippen molar-refractivity contribution in [2.24, 2.45) is 0 Å². The Morgan fingerprint density at radius 3 is 2.63 bits per heavy atom. The molecule has 27 heavy (non-hydrogen) atoms. The van der Waals surface area contributed by atoms with Crippen LogP contribution < -0.4 is 18.9 Å². The molecule has 7 nitrogen and oxygen atoms in total. The molecule has 0 saturated carbocycles. The summed E-state index contributed by atoms with van der Waals surface area (Å²) in [5, 5.41) is 9.29. The maximum atomic E-state index is 5.82. The number of fused-ring (bicyclic) bond motifs is 2. The van der Waals surface area contributed by atoms with Crippen LogP contribution in [0.4, 0.5) is 0 Å². The van der Waals surface area contributed by atoms with Crippen LogP contribution in [0.5, 0.6) is 23.0 Å². The summed E-state index contributed by atoms with van der Waals surface area (Å²) in [7, 11) is 3.24. The summed E-state index contributed by atoms with van der Waals surface area (Å²) in [6.07, 6.45) is 1.74. The average molecular weight is 368 g/mol. The monoisotopic (exact) mass is 368 g/mol. The molecule has 1 aliphatic heterocycles. The zero-order valence-corrected chi connectivity index (χ0v) is 15.2. The van der Waals surface area contributed by atoms with Gasteiger partial charge in [-0.2, -0.15) is 10.2 Å². The van der Waals surface area contributed by atoms with E-state index in [4.69, 9.17) is 23.7 Å². The molecule has 0 aliphatic carbocycles. The van der Waals surface area contributed by atoms with E-state index in [2.05, 4.69) is 10.2 Å². The SMILES string of the molecule is COCCOc1cc2c(-c3ccc4c(c3)OCCO4)cnnc2cc1OC. The van der Waals surface area contributed by atoms with Crippen LogP contribution in [-0.2, 0) is 4.74 Å². The van der Waals surface area contributed by atoms with Gasteiger partial charge in [0.2, 0.25) is 0 Å². The minimum atomic E-state index is 0.427. The number of nitrogens with zero attached hydrogens (tertiary/aromatic N) is 2. The topological polar surface area (TPSA) is 71.9 Å². The fraction of sp³-hybridized carbons (Fsp3) is 0.300. The molecule has 0 unspecified atom stereocenters. The molecule has 140 valence electrons. The summed E-state index contributed by atoms with van der Waals surface area (Å²) in [6, 6.07) is 9.60. The predicted octanol–water partition coefficient (Wildman–Crippen LogP) is 3.10. The van der Waals surface area contributed by atoms with Gasteiger partial charge in [-0.3, -0.25) is 0 Å². The van der Waals surface area contributed by atoms with Crippen molar-refractivity contribution in [3.8, 4) is 34.1 Å².